The molecule has 1 aromatic heterocycles. The van der Waals surface area contributed by atoms with E-state index in [-0.39, 0.29) is 18.1 Å². The zero-order valence-corrected chi connectivity index (χ0v) is 17.3. The summed E-state index contributed by atoms with van der Waals surface area (Å²) >= 11 is 1.36. The first kappa shape index (κ1) is 19.8. The summed E-state index contributed by atoms with van der Waals surface area (Å²) < 4.78 is 10.3. The number of esters is 1. The summed E-state index contributed by atoms with van der Waals surface area (Å²) in [6.45, 7) is 1.99. The highest BCUT2D eigenvalue weighted by atomic mass is 32.2. The Labute approximate surface area is 173 Å². The standard InChI is InChI=1S/C20H24N4O4S/c1-3-28-19(26)15-18-24(23-21-15)22-20(11-5-4-6-12-20)17(29-18)16(25)13-7-9-14(27-2)10-8-13/h7-10,17,22H,3-6,11-12H2,1-2H3/t17-/m1/s1. The Morgan fingerprint density at radius 3 is 2.62 bits per heavy atom. The van der Waals surface area contributed by atoms with E-state index in [2.05, 4.69) is 15.7 Å². The van der Waals surface area contributed by atoms with Gasteiger partial charge in [-0.2, -0.15) is 4.79 Å². The number of benzene rings is 1. The van der Waals surface area contributed by atoms with Crippen LogP contribution in [0, 0.1) is 0 Å². The molecule has 1 spiro atoms. The number of carbonyl (C=O) groups excluding carboxylic acids is 2. The summed E-state index contributed by atoms with van der Waals surface area (Å²) in [6, 6.07) is 7.15. The van der Waals surface area contributed by atoms with E-state index < -0.39 is 16.8 Å². The van der Waals surface area contributed by atoms with Crippen LogP contribution in [0.25, 0.3) is 0 Å². The number of fused-ring (bicyclic) bond motifs is 1. The smallest absolute Gasteiger partial charge is 0.361 e. The lowest BCUT2D eigenvalue weighted by Crippen LogP contribution is -2.58. The normalized spacial score (nSPS) is 19.9. The van der Waals surface area contributed by atoms with Crippen molar-refractivity contribution in [3.8, 4) is 5.75 Å². The predicted molar refractivity (Wildman–Crippen MR) is 108 cm³/mol. The first-order valence-electron chi connectivity index (χ1n) is 9.84. The zero-order chi connectivity index (χ0) is 20.4. The van der Waals surface area contributed by atoms with Gasteiger partial charge in [0.2, 0.25) is 5.69 Å². The molecule has 2 aliphatic rings. The van der Waals surface area contributed by atoms with Gasteiger partial charge in [0.15, 0.2) is 10.8 Å². The van der Waals surface area contributed by atoms with Gasteiger partial charge in [-0.1, -0.05) is 31.0 Å². The molecule has 2 heterocycles. The SMILES string of the molecule is CCOC(=O)c1nnn2c1S[C@H](C(=O)c1ccc(OC)cc1)C1(CCCCC1)N2. The monoisotopic (exact) mass is 416 g/mol. The summed E-state index contributed by atoms with van der Waals surface area (Å²) in [6.07, 6.45) is 4.94. The van der Waals surface area contributed by atoms with E-state index in [1.165, 1.54) is 11.8 Å². The molecule has 9 heteroatoms. The molecule has 154 valence electrons. The molecule has 1 saturated carbocycles. The summed E-state index contributed by atoms with van der Waals surface area (Å²) in [7, 11) is 1.60. The fourth-order valence-corrected chi connectivity index (χ4v) is 5.44. The maximum Gasteiger partial charge on any atom is 0.361 e. The van der Waals surface area contributed by atoms with Gasteiger partial charge in [0, 0.05) is 5.56 Å². The lowest BCUT2D eigenvalue weighted by Gasteiger charge is -2.46. The summed E-state index contributed by atoms with van der Waals surface area (Å²) in [5.74, 6) is 0.197. The fourth-order valence-electron chi connectivity index (χ4n) is 4.04. The quantitative estimate of drug-likeness (QED) is 0.587. The summed E-state index contributed by atoms with van der Waals surface area (Å²) in [4.78, 5) is 27.4. The van der Waals surface area contributed by atoms with Crippen molar-refractivity contribution in [2.24, 2.45) is 0 Å². The number of hydrogen-bond donors (Lipinski definition) is 1. The van der Waals surface area contributed by atoms with Gasteiger partial charge < -0.3 is 9.47 Å². The number of Topliss-reactive ketones (excluding diaryl/α,β-unsaturated/α-hetero) is 1. The predicted octanol–water partition coefficient (Wildman–Crippen LogP) is 3.07. The topological polar surface area (TPSA) is 95.3 Å². The molecule has 8 nitrogen and oxygen atoms in total. The highest BCUT2D eigenvalue weighted by Gasteiger charge is 2.49. The molecule has 0 radical (unpaired) electrons. The van der Waals surface area contributed by atoms with Crippen molar-refractivity contribution in [2.45, 2.75) is 54.8 Å². The van der Waals surface area contributed by atoms with Crippen LogP contribution in [0.5, 0.6) is 5.75 Å². The van der Waals surface area contributed by atoms with E-state index in [1.807, 2.05) is 0 Å². The zero-order valence-electron chi connectivity index (χ0n) is 16.5. The average molecular weight is 417 g/mol. The number of methoxy groups -OCH3 is 1. The Morgan fingerprint density at radius 2 is 1.97 bits per heavy atom. The Kier molecular flexibility index (Phi) is 5.49. The molecule has 0 amide bonds. The van der Waals surface area contributed by atoms with Gasteiger partial charge in [-0.05, 0) is 49.2 Å². The third kappa shape index (κ3) is 3.59. The van der Waals surface area contributed by atoms with Gasteiger partial charge in [0.05, 0.1) is 24.5 Å². The van der Waals surface area contributed by atoms with Gasteiger partial charge in [-0.3, -0.25) is 10.2 Å². The van der Waals surface area contributed by atoms with E-state index in [1.54, 1.807) is 43.1 Å². The van der Waals surface area contributed by atoms with Crippen molar-refractivity contribution >= 4 is 23.5 Å². The maximum absolute atomic E-state index is 13.5. The van der Waals surface area contributed by atoms with Crippen LogP contribution in [0.4, 0.5) is 0 Å². The molecule has 1 fully saturated rings. The lowest BCUT2D eigenvalue weighted by atomic mass is 9.77. The van der Waals surface area contributed by atoms with Crippen LogP contribution < -0.4 is 10.2 Å². The molecule has 0 unspecified atom stereocenters. The second-order valence-corrected chi connectivity index (χ2v) is 8.39. The van der Waals surface area contributed by atoms with Gasteiger partial charge in [-0.25, -0.2) is 4.79 Å². The molecule has 2 aromatic rings. The molecular weight excluding hydrogens is 392 g/mol. The third-order valence-corrected chi connectivity index (χ3v) is 7.01. The minimum atomic E-state index is -0.529. The second kappa shape index (κ2) is 8.06. The first-order valence-corrected chi connectivity index (χ1v) is 10.7. The highest BCUT2D eigenvalue weighted by molar-refractivity contribution is 8.00. The molecule has 1 aromatic carbocycles. The van der Waals surface area contributed by atoms with Gasteiger partial charge >= 0.3 is 5.97 Å². The number of nitrogens with one attached hydrogen (secondary N) is 1. The molecule has 1 aliphatic carbocycles. The number of ether oxygens (including phenoxy) is 2. The second-order valence-electron chi connectivity index (χ2n) is 7.29. The number of ketones is 1. The molecule has 1 N–H and O–H groups in total. The van der Waals surface area contributed by atoms with E-state index >= 15 is 0 Å². The van der Waals surface area contributed by atoms with Crippen LogP contribution in [0.3, 0.4) is 0 Å². The molecule has 0 saturated heterocycles. The molecule has 1 aliphatic heterocycles. The number of aromatic nitrogens is 3. The van der Waals surface area contributed by atoms with Crippen molar-refractivity contribution in [1.29, 1.82) is 0 Å². The van der Waals surface area contributed by atoms with E-state index in [0.717, 1.165) is 32.1 Å². The third-order valence-electron chi connectivity index (χ3n) is 5.52. The van der Waals surface area contributed by atoms with E-state index in [4.69, 9.17) is 9.47 Å². The fraction of sp³-hybridized carbons (Fsp3) is 0.500. The van der Waals surface area contributed by atoms with Gasteiger partial charge in [-0.15, -0.1) is 5.10 Å². The molecule has 0 bridgehead atoms. The number of nitrogens with zero attached hydrogens (tertiary/aromatic N) is 3. The van der Waals surface area contributed by atoms with Gasteiger partial charge in [0.25, 0.3) is 0 Å². The largest absolute Gasteiger partial charge is 0.497 e. The number of hydrogen-bond acceptors (Lipinski definition) is 8. The molecule has 29 heavy (non-hydrogen) atoms. The molecular formula is C20H24N4O4S. The van der Waals surface area contributed by atoms with Crippen molar-refractivity contribution in [3.63, 3.8) is 0 Å². The molecule has 4 rings (SSSR count). The van der Waals surface area contributed by atoms with E-state index in [9.17, 15) is 9.59 Å². The van der Waals surface area contributed by atoms with E-state index in [0.29, 0.717) is 16.3 Å². The van der Waals surface area contributed by atoms with Crippen molar-refractivity contribution in [2.75, 3.05) is 19.1 Å². The summed E-state index contributed by atoms with van der Waals surface area (Å²) in [5.41, 5.74) is 3.76. The Hall–Kier alpha value is -2.55. The van der Waals surface area contributed by atoms with Crippen molar-refractivity contribution in [1.82, 2.24) is 15.1 Å². The lowest BCUT2D eigenvalue weighted by molar-refractivity contribution is 0.0514. The van der Waals surface area contributed by atoms with Crippen LogP contribution in [0.1, 0.15) is 59.9 Å². The van der Waals surface area contributed by atoms with Crippen LogP contribution in [0.15, 0.2) is 29.3 Å². The maximum atomic E-state index is 13.5. The highest BCUT2D eigenvalue weighted by Crippen LogP contribution is 2.45. The number of thioether (sulfide) groups is 1. The Bertz CT molecular complexity index is 906. The minimum Gasteiger partial charge on any atom is -0.497 e. The van der Waals surface area contributed by atoms with Gasteiger partial charge in [0.1, 0.15) is 5.75 Å². The number of rotatable bonds is 5. The first-order chi connectivity index (χ1) is 14.1. The van der Waals surface area contributed by atoms with Crippen LogP contribution in [0.2, 0.25) is 0 Å². The van der Waals surface area contributed by atoms with Crippen LogP contribution >= 0.6 is 11.8 Å². The Morgan fingerprint density at radius 1 is 1.24 bits per heavy atom. The average Bonchev–Trinajstić information content (AvgIpc) is 3.16. The van der Waals surface area contributed by atoms with Crippen molar-refractivity contribution in [3.05, 3.63) is 35.5 Å². The van der Waals surface area contributed by atoms with Crippen LogP contribution in [-0.2, 0) is 4.74 Å². The van der Waals surface area contributed by atoms with Crippen LogP contribution in [-0.4, -0.2) is 51.4 Å². The summed E-state index contributed by atoms with van der Waals surface area (Å²) in [5, 5.41) is 8.24. The minimum absolute atomic E-state index is 0.0225. The molecule has 1 atom stereocenters. The van der Waals surface area contributed by atoms with Crippen molar-refractivity contribution < 1.29 is 19.1 Å². The Balaban J connectivity index is 1.71. The number of carbonyl (C=O) groups is 2.